The van der Waals surface area contributed by atoms with Gasteiger partial charge in [-0.25, -0.2) is 0 Å². The second-order valence-corrected chi connectivity index (χ2v) is 8.30. The molecule has 0 aromatic heterocycles. The van der Waals surface area contributed by atoms with Gasteiger partial charge in [0.05, 0.1) is 6.04 Å². The molecule has 100 valence electrons. The Hall–Kier alpha value is 0.310. The van der Waals surface area contributed by atoms with Crippen molar-refractivity contribution < 1.29 is 4.52 Å². The summed E-state index contributed by atoms with van der Waals surface area (Å²) in [4.78, 5) is 0. The Kier molecular flexibility index (Phi) is 4.46. The number of rotatable bonds is 4. The van der Waals surface area contributed by atoms with Crippen LogP contribution in [0.2, 0.25) is 0 Å². The van der Waals surface area contributed by atoms with Crippen molar-refractivity contribution in [3.8, 4) is 0 Å². The monoisotopic (exact) mass is 259 g/mol. The Balaban J connectivity index is 2.18. The van der Waals surface area contributed by atoms with Gasteiger partial charge >= 0.3 is 0 Å². The fourth-order valence-corrected chi connectivity index (χ4v) is 7.22. The second-order valence-electron chi connectivity index (χ2n) is 5.34. The van der Waals surface area contributed by atoms with Crippen LogP contribution in [0.1, 0.15) is 46.5 Å². The van der Waals surface area contributed by atoms with E-state index in [4.69, 9.17) is 4.52 Å². The Morgan fingerprint density at radius 3 is 2.53 bits per heavy atom. The van der Waals surface area contributed by atoms with Crippen LogP contribution in [0.15, 0.2) is 0 Å². The minimum absolute atomic E-state index is 0.672. The van der Waals surface area contributed by atoms with Gasteiger partial charge in [-0.15, -0.1) is 9.34 Å². The first-order valence-electron chi connectivity index (χ1n) is 7.22. The molecule has 2 unspecified atom stereocenters. The highest BCUT2D eigenvalue weighted by molar-refractivity contribution is 7.66. The zero-order chi connectivity index (χ0) is 12.5. The second kappa shape index (κ2) is 5.52. The minimum atomic E-state index is -1.43. The van der Waals surface area contributed by atoms with Crippen LogP contribution in [-0.2, 0) is 4.52 Å². The molecule has 2 heterocycles. The van der Waals surface area contributed by atoms with Crippen molar-refractivity contribution >= 4 is 7.79 Å². The maximum Gasteiger partial charge on any atom is 0.287 e. The molecular formula is C13H28N2OP+. The fourth-order valence-electron chi connectivity index (χ4n) is 3.38. The lowest BCUT2D eigenvalue weighted by atomic mass is 10.1. The molecule has 17 heavy (non-hydrogen) atoms. The van der Waals surface area contributed by atoms with Crippen LogP contribution in [0, 0.1) is 0 Å². The van der Waals surface area contributed by atoms with E-state index >= 15 is 0 Å². The first-order valence-corrected chi connectivity index (χ1v) is 9.28. The molecule has 0 aromatic carbocycles. The Morgan fingerprint density at radius 1 is 1.24 bits per heavy atom. The van der Waals surface area contributed by atoms with Gasteiger partial charge in [0, 0.05) is 19.1 Å². The lowest BCUT2D eigenvalue weighted by Crippen LogP contribution is -2.46. The average Bonchev–Trinajstić information content (AvgIpc) is 2.68. The van der Waals surface area contributed by atoms with E-state index < -0.39 is 7.79 Å². The van der Waals surface area contributed by atoms with Gasteiger partial charge in [-0.1, -0.05) is 20.8 Å². The maximum atomic E-state index is 6.31. The van der Waals surface area contributed by atoms with Gasteiger partial charge in [-0.3, -0.25) is 0 Å². The third kappa shape index (κ3) is 2.28. The van der Waals surface area contributed by atoms with Crippen LogP contribution >= 0.6 is 7.79 Å². The molecule has 0 saturated carbocycles. The van der Waals surface area contributed by atoms with Crippen LogP contribution < -0.4 is 0 Å². The van der Waals surface area contributed by atoms with Crippen molar-refractivity contribution in [1.82, 2.24) is 9.34 Å². The molecule has 4 heteroatoms. The predicted molar refractivity (Wildman–Crippen MR) is 75.3 cm³/mol. The largest absolute Gasteiger partial charge is 0.287 e. The summed E-state index contributed by atoms with van der Waals surface area (Å²) in [6.07, 6.45) is 5.04. The summed E-state index contributed by atoms with van der Waals surface area (Å²) < 4.78 is 11.7. The van der Waals surface area contributed by atoms with Crippen molar-refractivity contribution in [2.75, 3.05) is 26.4 Å². The van der Waals surface area contributed by atoms with Crippen molar-refractivity contribution in [2.45, 2.75) is 58.5 Å². The van der Waals surface area contributed by atoms with Gasteiger partial charge in [0.15, 0.2) is 0 Å². The number of hydrogen-bond acceptors (Lipinski definition) is 3. The van der Waals surface area contributed by atoms with Gasteiger partial charge in [0.2, 0.25) is 0 Å². The molecule has 2 fully saturated rings. The molecule has 0 radical (unpaired) electrons. The zero-order valence-corrected chi connectivity index (χ0v) is 12.7. The highest BCUT2D eigenvalue weighted by atomic mass is 31.2. The zero-order valence-electron chi connectivity index (χ0n) is 11.9. The summed E-state index contributed by atoms with van der Waals surface area (Å²) in [5, 5.41) is 0. The highest BCUT2D eigenvalue weighted by Crippen LogP contribution is 2.70. The van der Waals surface area contributed by atoms with Crippen LogP contribution in [0.25, 0.3) is 0 Å². The first kappa shape index (κ1) is 13.7. The molecule has 2 rings (SSSR count). The van der Waals surface area contributed by atoms with E-state index in [-0.39, 0.29) is 0 Å². The van der Waals surface area contributed by atoms with E-state index in [0.717, 1.165) is 6.61 Å². The van der Waals surface area contributed by atoms with Crippen LogP contribution in [0.4, 0.5) is 0 Å². The quantitative estimate of drug-likeness (QED) is 0.720. The van der Waals surface area contributed by atoms with Crippen LogP contribution in [0.3, 0.4) is 0 Å². The summed E-state index contributed by atoms with van der Waals surface area (Å²) in [7, 11) is -1.43. The van der Waals surface area contributed by atoms with E-state index in [2.05, 4.69) is 36.8 Å². The van der Waals surface area contributed by atoms with Crippen LogP contribution in [-0.4, -0.2) is 47.8 Å². The molecule has 0 spiro atoms. The minimum Gasteiger partial charge on any atom is -0.198 e. The molecule has 0 amide bonds. The third-order valence-corrected chi connectivity index (χ3v) is 8.09. The van der Waals surface area contributed by atoms with E-state index in [9.17, 15) is 0 Å². The predicted octanol–water partition coefficient (Wildman–Crippen LogP) is 3.38. The number of hydrogen-bond donors (Lipinski definition) is 0. The molecule has 0 N–H and O–H groups in total. The molecular weight excluding hydrogens is 231 g/mol. The smallest absolute Gasteiger partial charge is 0.198 e. The molecule has 2 saturated heterocycles. The molecule has 2 atom stereocenters. The highest BCUT2D eigenvalue weighted by Gasteiger charge is 2.59. The molecule has 0 aromatic rings. The van der Waals surface area contributed by atoms with E-state index in [1.165, 1.54) is 38.8 Å². The molecule has 2 aliphatic rings. The maximum absolute atomic E-state index is 6.31. The van der Waals surface area contributed by atoms with Gasteiger partial charge in [0.1, 0.15) is 13.3 Å². The summed E-state index contributed by atoms with van der Waals surface area (Å²) in [5.41, 5.74) is 0. The summed E-state index contributed by atoms with van der Waals surface area (Å²) in [6.45, 7) is 12.7. The molecule has 0 bridgehead atoms. The standard InChI is InChI=1S/C13H28N2OP/c1-5-12(6-2)14-9-8-10-15-13(7-3)11-16-17(14,15)4/h12-13H,5-11H2,1-4H3/q+1. The Morgan fingerprint density at radius 2 is 1.94 bits per heavy atom. The van der Waals surface area contributed by atoms with E-state index in [1.54, 1.807) is 0 Å². The lowest BCUT2D eigenvalue weighted by Gasteiger charge is -2.42. The van der Waals surface area contributed by atoms with Gasteiger partial charge < -0.3 is 0 Å². The van der Waals surface area contributed by atoms with Gasteiger partial charge in [-0.2, -0.15) is 4.52 Å². The SMILES string of the molecule is CCC(CC)N1CCCN2C(CC)CO[P+]12C. The topological polar surface area (TPSA) is 15.7 Å². The summed E-state index contributed by atoms with van der Waals surface area (Å²) in [5.74, 6) is 0. The molecule has 0 aliphatic carbocycles. The van der Waals surface area contributed by atoms with Gasteiger partial charge in [-0.05, 0) is 25.7 Å². The van der Waals surface area contributed by atoms with E-state index in [0.29, 0.717) is 12.1 Å². The van der Waals surface area contributed by atoms with Crippen molar-refractivity contribution in [3.63, 3.8) is 0 Å². The van der Waals surface area contributed by atoms with Crippen LogP contribution in [0.5, 0.6) is 0 Å². The summed E-state index contributed by atoms with van der Waals surface area (Å²) >= 11 is 0. The average molecular weight is 259 g/mol. The van der Waals surface area contributed by atoms with Gasteiger partial charge in [0.25, 0.3) is 7.79 Å². The van der Waals surface area contributed by atoms with Crippen molar-refractivity contribution in [2.24, 2.45) is 0 Å². The van der Waals surface area contributed by atoms with E-state index in [1.807, 2.05) is 0 Å². The van der Waals surface area contributed by atoms with Crippen molar-refractivity contribution in [3.05, 3.63) is 0 Å². The summed E-state index contributed by atoms with van der Waals surface area (Å²) in [6, 6.07) is 1.39. The van der Waals surface area contributed by atoms with Crippen molar-refractivity contribution in [1.29, 1.82) is 0 Å². The molecule has 3 nitrogen and oxygen atoms in total. The normalized spacial score (nSPS) is 35.5. The molecule has 2 aliphatic heterocycles. The fraction of sp³-hybridized carbons (Fsp3) is 1.00. The Labute approximate surface area is 107 Å². The number of nitrogens with zero attached hydrogens (tertiary/aromatic N) is 2. The number of fused-ring (bicyclic) bond motifs is 1. The Bertz CT molecular complexity index is 260. The first-order chi connectivity index (χ1) is 8.17. The lowest BCUT2D eigenvalue weighted by molar-refractivity contribution is 0.224. The third-order valence-electron chi connectivity index (χ3n) is 4.50.